The van der Waals surface area contributed by atoms with Crippen molar-refractivity contribution in [2.24, 2.45) is 0 Å². The summed E-state index contributed by atoms with van der Waals surface area (Å²) in [5.74, 6) is 0.385. The van der Waals surface area contributed by atoms with Crippen LogP contribution in [0.2, 0.25) is 0 Å². The Balaban J connectivity index is 1.43. The van der Waals surface area contributed by atoms with Crippen LogP contribution >= 0.6 is 0 Å². The molecule has 0 spiro atoms. The van der Waals surface area contributed by atoms with Crippen LogP contribution in [0, 0.1) is 19.7 Å². The summed E-state index contributed by atoms with van der Waals surface area (Å²) < 4.78 is 18.6. The number of nitrogens with zero attached hydrogens (tertiary/aromatic N) is 3. The Kier molecular flexibility index (Phi) is 5.45. The first kappa shape index (κ1) is 17.6. The Bertz CT molecular complexity index is 738. The normalized spacial score (nSPS) is 16.1. The topological polar surface area (TPSA) is 61.6 Å². The van der Waals surface area contributed by atoms with Crippen molar-refractivity contribution in [3.05, 3.63) is 47.1 Å². The fraction of sp³-hybridized carbons (Fsp3) is 0.444. The molecule has 0 unspecified atom stereocenters. The van der Waals surface area contributed by atoms with E-state index < -0.39 is 0 Å². The summed E-state index contributed by atoms with van der Waals surface area (Å²) in [5.41, 5.74) is 2.00. The summed E-state index contributed by atoms with van der Waals surface area (Å²) in [4.78, 5) is 16.5. The maximum atomic E-state index is 13.5. The van der Waals surface area contributed by atoms with Crippen LogP contribution in [0.15, 0.2) is 28.8 Å². The maximum Gasteiger partial charge on any atom is 0.238 e. The van der Waals surface area contributed by atoms with E-state index >= 15 is 0 Å². The third kappa shape index (κ3) is 4.87. The molecule has 134 valence electrons. The maximum absolute atomic E-state index is 13.5. The number of piperazine rings is 1. The number of halogens is 1. The fourth-order valence-electron chi connectivity index (χ4n) is 2.90. The van der Waals surface area contributed by atoms with Crippen molar-refractivity contribution < 1.29 is 13.7 Å². The highest BCUT2D eigenvalue weighted by atomic mass is 19.1. The zero-order valence-corrected chi connectivity index (χ0v) is 14.6. The molecule has 1 aromatic heterocycles. The second-order valence-electron chi connectivity index (χ2n) is 6.49. The Hall–Kier alpha value is -2.25. The molecular formula is C18H23FN4O2. The monoisotopic (exact) mass is 346 g/mol. The minimum atomic E-state index is -0.311. The van der Waals surface area contributed by atoms with Crippen LogP contribution in [0.25, 0.3) is 0 Å². The molecule has 1 aliphatic heterocycles. The fourth-order valence-corrected chi connectivity index (χ4v) is 2.90. The van der Waals surface area contributed by atoms with Crippen molar-refractivity contribution in [1.82, 2.24) is 15.0 Å². The van der Waals surface area contributed by atoms with E-state index in [4.69, 9.17) is 4.52 Å². The summed E-state index contributed by atoms with van der Waals surface area (Å²) >= 11 is 0. The van der Waals surface area contributed by atoms with Crippen LogP contribution in [-0.2, 0) is 11.3 Å². The number of carbonyl (C=O) groups is 1. The van der Waals surface area contributed by atoms with E-state index in [9.17, 15) is 9.18 Å². The molecule has 1 fully saturated rings. The van der Waals surface area contributed by atoms with Crippen molar-refractivity contribution in [1.29, 1.82) is 0 Å². The molecule has 2 heterocycles. The largest absolute Gasteiger partial charge is 0.361 e. The second-order valence-corrected chi connectivity index (χ2v) is 6.49. The number of anilines is 1. The van der Waals surface area contributed by atoms with Gasteiger partial charge in [0.25, 0.3) is 0 Å². The molecule has 1 saturated heterocycles. The predicted molar refractivity (Wildman–Crippen MR) is 92.7 cm³/mol. The number of hydrogen-bond donors (Lipinski definition) is 1. The van der Waals surface area contributed by atoms with Gasteiger partial charge in [0.05, 0.1) is 12.2 Å². The number of nitrogens with one attached hydrogen (secondary N) is 1. The molecule has 2 aromatic rings. The number of aryl methyl sites for hydroxylation is 2. The van der Waals surface area contributed by atoms with E-state index in [-0.39, 0.29) is 11.7 Å². The van der Waals surface area contributed by atoms with Crippen LogP contribution in [0.4, 0.5) is 10.1 Å². The number of benzene rings is 1. The lowest BCUT2D eigenvalue weighted by molar-refractivity contribution is -0.117. The molecule has 25 heavy (non-hydrogen) atoms. The zero-order valence-electron chi connectivity index (χ0n) is 14.6. The van der Waals surface area contributed by atoms with E-state index in [1.54, 1.807) is 19.1 Å². The summed E-state index contributed by atoms with van der Waals surface area (Å²) in [5, 5.41) is 6.77. The first-order valence-corrected chi connectivity index (χ1v) is 8.42. The average molecular weight is 346 g/mol. The van der Waals surface area contributed by atoms with Gasteiger partial charge in [-0.1, -0.05) is 11.2 Å². The second kappa shape index (κ2) is 7.76. The summed E-state index contributed by atoms with van der Waals surface area (Å²) in [6, 6.07) is 6.68. The molecule has 1 aromatic carbocycles. The highest BCUT2D eigenvalue weighted by Crippen LogP contribution is 2.14. The lowest BCUT2D eigenvalue weighted by Gasteiger charge is -2.33. The van der Waals surface area contributed by atoms with Gasteiger partial charge in [0.15, 0.2) is 0 Å². The van der Waals surface area contributed by atoms with Crippen LogP contribution < -0.4 is 5.32 Å². The highest BCUT2D eigenvalue weighted by molar-refractivity contribution is 5.92. The Morgan fingerprint density at radius 2 is 1.92 bits per heavy atom. The van der Waals surface area contributed by atoms with E-state index in [1.807, 2.05) is 13.0 Å². The Morgan fingerprint density at radius 3 is 2.56 bits per heavy atom. The van der Waals surface area contributed by atoms with E-state index in [1.165, 1.54) is 6.07 Å². The number of amides is 1. The molecule has 0 radical (unpaired) electrons. The van der Waals surface area contributed by atoms with Crippen LogP contribution in [-0.4, -0.2) is 53.6 Å². The molecule has 1 amide bonds. The summed E-state index contributed by atoms with van der Waals surface area (Å²) in [7, 11) is 0. The molecule has 0 atom stereocenters. The minimum Gasteiger partial charge on any atom is -0.361 e. The van der Waals surface area contributed by atoms with Gasteiger partial charge in [-0.25, -0.2) is 4.39 Å². The average Bonchev–Trinajstić information content (AvgIpc) is 2.98. The highest BCUT2D eigenvalue weighted by Gasteiger charge is 2.20. The van der Waals surface area contributed by atoms with Crippen molar-refractivity contribution in [2.45, 2.75) is 20.4 Å². The smallest absolute Gasteiger partial charge is 0.238 e. The Labute approximate surface area is 146 Å². The molecule has 6 nitrogen and oxygen atoms in total. The number of rotatable bonds is 5. The molecule has 0 bridgehead atoms. The van der Waals surface area contributed by atoms with Gasteiger partial charge < -0.3 is 9.84 Å². The number of carbonyl (C=O) groups excluding carboxylic acids is 1. The quantitative estimate of drug-likeness (QED) is 0.899. The molecule has 3 rings (SSSR count). The molecule has 1 N–H and O–H groups in total. The van der Waals surface area contributed by atoms with E-state index in [2.05, 4.69) is 20.3 Å². The van der Waals surface area contributed by atoms with E-state index in [0.717, 1.165) is 44.2 Å². The minimum absolute atomic E-state index is 0.121. The van der Waals surface area contributed by atoms with Gasteiger partial charge in [0.2, 0.25) is 5.91 Å². The molecule has 0 aliphatic carbocycles. The summed E-state index contributed by atoms with van der Waals surface area (Å²) in [6.45, 7) is 8.02. The van der Waals surface area contributed by atoms with Gasteiger partial charge in [-0.15, -0.1) is 0 Å². The van der Waals surface area contributed by atoms with Gasteiger partial charge >= 0.3 is 0 Å². The van der Waals surface area contributed by atoms with Gasteiger partial charge in [0.1, 0.15) is 11.6 Å². The first-order chi connectivity index (χ1) is 12.0. The molecular weight excluding hydrogens is 323 g/mol. The van der Waals surface area contributed by atoms with Crippen LogP contribution in [0.1, 0.15) is 17.0 Å². The third-order valence-corrected chi connectivity index (χ3v) is 4.35. The standard InChI is InChI=1S/C18H23FN4O2/c1-13-3-4-15(10-17(13)19)20-18(24)12-23-7-5-22(6-8-23)11-16-9-14(2)25-21-16/h3-4,9-10H,5-8,11-12H2,1-2H3,(H,20,24). The van der Waals surface area contributed by atoms with Crippen LogP contribution in [0.3, 0.4) is 0 Å². The lowest BCUT2D eigenvalue weighted by atomic mass is 10.2. The first-order valence-electron chi connectivity index (χ1n) is 8.42. The van der Waals surface area contributed by atoms with Gasteiger partial charge in [-0.2, -0.15) is 0 Å². The number of hydrogen-bond acceptors (Lipinski definition) is 5. The SMILES string of the molecule is Cc1cc(CN2CCN(CC(=O)Nc3ccc(C)c(F)c3)CC2)no1. The summed E-state index contributed by atoms with van der Waals surface area (Å²) in [6.07, 6.45) is 0. The van der Waals surface area contributed by atoms with Crippen LogP contribution in [0.5, 0.6) is 0 Å². The Morgan fingerprint density at radius 1 is 1.20 bits per heavy atom. The van der Waals surface area contributed by atoms with Gasteiger partial charge in [-0.05, 0) is 31.5 Å². The van der Waals surface area contributed by atoms with Gasteiger partial charge in [0, 0.05) is 44.5 Å². The number of aromatic nitrogens is 1. The van der Waals surface area contributed by atoms with Gasteiger partial charge in [-0.3, -0.25) is 14.6 Å². The predicted octanol–water partition coefficient (Wildman–Crippen LogP) is 2.19. The molecule has 7 heteroatoms. The van der Waals surface area contributed by atoms with E-state index in [0.29, 0.717) is 17.8 Å². The van der Waals surface area contributed by atoms with Crippen molar-refractivity contribution >= 4 is 11.6 Å². The molecule has 1 aliphatic rings. The van der Waals surface area contributed by atoms with Crippen molar-refractivity contribution in [3.8, 4) is 0 Å². The van der Waals surface area contributed by atoms with Crippen molar-refractivity contribution in [3.63, 3.8) is 0 Å². The zero-order chi connectivity index (χ0) is 17.8. The lowest BCUT2D eigenvalue weighted by Crippen LogP contribution is -2.48. The molecule has 0 saturated carbocycles. The van der Waals surface area contributed by atoms with Crippen molar-refractivity contribution in [2.75, 3.05) is 38.0 Å². The third-order valence-electron chi connectivity index (χ3n) is 4.35.